The molecule has 1 saturated heterocycles. The lowest BCUT2D eigenvalue weighted by molar-refractivity contribution is -0.140. The molecule has 2 heterocycles. The van der Waals surface area contributed by atoms with E-state index in [1.807, 2.05) is 30.3 Å². The van der Waals surface area contributed by atoms with Crippen molar-refractivity contribution in [2.75, 3.05) is 39.4 Å². The third-order valence-electron chi connectivity index (χ3n) is 6.24. The maximum absolute atomic E-state index is 13.1. The molecule has 2 aliphatic rings. The van der Waals surface area contributed by atoms with Crippen LogP contribution >= 0.6 is 0 Å². The van der Waals surface area contributed by atoms with E-state index in [1.54, 1.807) is 23.1 Å². The zero-order valence-corrected chi connectivity index (χ0v) is 19.1. The molecule has 1 amide bonds. The minimum atomic E-state index is -0.668. The normalized spacial score (nSPS) is 19.4. The second-order valence-electron chi connectivity index (χ2n) is 8.14. The largest absolute Gasteiger partial charge is 0.507 e. The van der Waals surface area contributed by atoms with Crippen LogP contribution in [-0.2, 0) is 9.59 Å². The number of rotatable bonds is 8. The fourth-order valence-corrected chi connectivity index (χ4v) is 4.44. The number of likely N-dealkylation sites (tertiary alicyclic amines) is 1. The summed E-state index contributed by atoms with van der Waals surface area (Å²) in [5, 5.41) is 11.2. The van der Waals surface area contributed by atoms with E-state index in [0.717, 1.165) is 31.6 Å². The molecule has 2 aromatic rings. The van der Waals surface area contributed by atoms with Crippen molar-refractivity contribution in [2.24, 2.45) is 0 Å². The number of benzene rings is 2. The van der Waals surface area contributed by atoms with Gasteiger partial charge in [0.05, 0.1) is 11.6 Å². The molecule has 1 atom stereocenters. The van der Waals surface area contributed by atoms with E-state index >= 15 is 0 Å². The Bertz CT molecular complexity index is 1050. The molecular weight excluding hydrogens is 420 g/mol. The summed E-state index contributed by atoms with van der Waals surface area (Å²) in [6, 6.07) is 13.8. The van der Waals surface area contributed by atoms with Crippen molar-refractivity contribution in [2.45, 2.75) is 26.3 Å². The van der Waals surface area contributed by atoms with Crippen molar-refractivity contribution in [1.82, 2.24) is 9.80 Å². The number of hydrogen-bond donors (Lipinski definition) is 1. The summed E-state index contributed by atoms with van der Waals surface area (Å²) in [7, 11) is 0. The standard InChI is InChI=1S/C26H30N2O5/c1-3-27(4-2)13-8-14-28-23(18-9-6-5-7-10-18)22(25(30)26(28)31)24(29)19-11-12-20-21(17-19)33-16-15-32-20/h5-7,9-12,17,23,29H,3-4,8,13-16H2,1-2H3. The number of fused-ring (bicyclic) bond motifs is 1. The maximum atomic E-state index is 13.1. The third kappa shape index (κ3) is 4.59. The van der Waals surface area contributed by atoms with E-state index < -0.39 is 17.7 Å². The van der Waals surface area contributed by atoms with Gasteiger partial charge in [-0.3, -0.25) is 9.59 Å². The number of hydrogen-bond acceptors (Lipinski definition) is 6. The SMILES string of the molecule is CCN(CC)CCCN1C(=O)C(=O)C(=C(O)c2ccc3c(c2)OCCO3)C1c1ccccc1. The van der Waals surface area contributed by atoms with Gasteiger partial charge < -0.3 is 24.4 Å². The number of nitrogens with zero attached hydrogens (tertiary/aromatic N) is 2. The van der Waals surface area contributed by atoms with Crippen LogP contribution < -0.4 is 9.47 Å². The van der Waals surface area contributed by atoms with Crippen LogP contribution in [0, 0.1) is 0 Å². The van der Waals surface area contributed by atoms with Crippen LogP contribution in [-0.4, -0.2) is 66.0 Å². The van der Waals surface area contributed by atoms with Crippen LogP contribution in [0.4, 0.5) is 0 Å². The summed E-state index contributed by atoms with van der Waals surface area (Å²) < 4.78 is 11.2. The van der Waals surface area contributed by atoms with Gasteiger partial charge in [0.2, 0.25) is 0 Å². The van der Waals surface area contributed by atoms with Crippen LogP contribution in [0.5, 0.6) is 11.5 Å². The number of aliphatic hydroxyl groups excluding tert-OH is 1. The van der Waals surface area contributed by atoms with Crippen LogP contribution in [0.3, 0.4) is 0 Å². The first-order valence-corrected chi connectivity index (χ1v) is 11.5. The number of carbonyl (C=O) groups excluding carboxylic acids is 2. The van der Waals surface area contributed by atoms with Crippen molar-refractivity contribution >= 4 is 17.4 Å². The Balaban J connectivity index is 1.71. The van der Waals surface area contributed by atoms with Crippen molar-refractivity contribution in [3.05, 3.63) is 65.2 Å². The zero-order chi connectivity index (χ0) is 23.4. The van der Waals surface area contributed by atoms with Crippen molar-refractivity contribution in [3.8, 4) is 11.5 Å². The highest BCUT2D eigenvalue weighted by Crippen LogP contribution is 2.41. The summed E-state index contributed by atoms with van der Waals surface area (Å²) in [6.45, 7) is 8.21. The minimum Gasteiger partial charge on any atom is -0.507 e. The van der Waals surface area contributed by atoms with E-state index in [9.17, 15) is 14.7 Å². The highest BCUT2D eigenvalue weighted by Gasteiger charge is 2.45. The highest BCUT2D eigenvalue weighted by molar-refractivity contribution is 6.46. The molecule has 4 rings (SSSR count). The molecule has 0 bridgehead atoms. The third-order valence-corrected chi connectivity index (χ3v) is 6.24. The minimum absolute atomic E-state index is 0.103. The first-order chi connectivity index (χ1) is 16.0. The van der Waals surface area contributed by atoms with E-state index in [0.29, 0.717) is 36.8 Å². The van der Waals surface area contributed by atoms with Gasteiger partial charge in [0.1, 0.15) is 19.0 Å². The van der Waals surface area contributed by atoms with Gasteiger partial charge in [-0.25, -0.2) is 0 Å². The number of Topliss-reactive ketones (excluding diaryl/α,β-unsaturated/α-hetero) is 1. The monoisotopic (exact) mass is 450 g/mol. The molecule has 0 radical (unpaired) electrons. The number of carbonyl (C=O) groups is 2. The van der Waals surface area contributed by atoms with Crippen molar-refractivity contribution < 1.29 is 24.2 Å². The molecule has 1 unspecified atom stereocenters. The summed E-state index contributed by atoms with van der Waals surface area (Å²) >= 11 is 0. The zero-order valence-electron chi connectivity index (χ0n) is 19.1. The Morgan fingerprint density at radius 2 is 1.73 bits per heavy atom. The molecule has 2 aromatic carbocycles. The number of ether oxygens (including phenoxy) is 2. The van der Waals surface area contributed by atoms with E-state index in [-0.39, 0.29) is 11.3 Å². The summed E-state index contributed by atoms with van der Waals surface area (Å²) in [5.74, 6) is -0.351. The van der Waals surface area contributed by atoms with Gasteiger partial charge in [0.15, 0.2) is 11.5 Å². The second kappa shape index (κ2) is 10.1. The molecular formula is C26H30N2O5. The van der Waals surface area contributed by atoms with Gasteiger partial charge in [0, 0.05) is 12.1 Å². The van der Waals surface area contributed by atoms with E-state index in [1.165, 1.54) is 0 Å². The van der Waals surface area contributed by atoms with Gasteiger partial charge in [-0.1, -0.05) is 44.2 Å². The number of amides is 1. The lowest BCUT2D eigenvalue weighted by atomic mass is 9.95. The van der Waals surface area contributed by atoms with Crippen LogP contribution in [0.1, 0.15) is 37.4 Å². The topological polar surface area (TPSA) is 79.3 Å². The lowest BCUT2D eigenvalue weighted by Crippen LogP contribution is -2.33. The molecule has 0 saturated carbocycles. The number of ketones is 1. The van der Waals surface area contributed by atoms with E-state index in [4.69, 9.17) is 9.47 Å². The lowest BCUT2D eigenvalue weighted by Gasteiger charge is -2.27. The molecule has 0 aliphatic carbocycles. The first kappa shape index (κ1) is 22.9. The van der Waals surface area contributed by atoms with Crippen molar-refractivity contribution in [1.29, 1.82) is 0 Å². The van der Waals surface area contributed by atoms with Gasteiger partial charge in [-0.15, -0.1) is 0 Å². The van der Waals surface area contributed by atoms with Gasteiger partial charge >= 0.3 is 0 Å². The number of aliphatic hydroxyl groups is 1. The van der Waals surface area contributed by atoms with Gasteiger partial charge in [-0.2, -0.15) is 0 Å². The fourth-order valence-electron chi connectivity index (χ4n) is 4.44. The Labute approximate surface area is 194 Å². The second-order valence-corrected chi connectivity index (χ2v) is 8.14. The molecule has 1 fully saturated rings. The molecule has 7 nitrogen and oxygen atoms in total. The Morgan fingerprint density at radius 1 is 1.03 bits per heavy atom. The smallest absolute Gasteiger partial charge is 0.295 e. The predicted octanol–water partition coefficient (Wildman–Crippen LogP) is 3.61. The quantitative estimate of drug-likeness (QED) is 0.376. The molecule has 2 aliphatic heterocycles. The average molecular weight is 451 g/mol. The predicted molar refractivity (Wildman–Crippen MR) is 125 cm³/mol. The molecule has 0 spiro atoms. The van der Waals surface area contributed by atoms with E-state index in [2.05, 4.69) is 18.7 Å². The maximum Gasteiger partial charge on any atom is 0.295 e. The fraction of sp³-hybridized carbons (Fsp3) is 0.385. The Morgan fingerprint density at radius 3 is 2.42 bits per heavy atom. The van der Waals surface area contributed by atoms with Crippen LogP contribution in [0.2, 0.25) is 0 Å². The van der Waals surface area contributed by atoms with Crippen LogP contribution in [0.15, 0.2) is 54.1 Å². The summed E-state index contributed by atoms with van der Waals surface area (Å²) in [4.78, 5) is 30.1. The summed E-state index contributed by atoms with van der Waals surface area (Å²) in [6.07, 6.45) is 0.738. The highest BCUT2D eigenvalue weighted by atomic mass is 16.6. The summed E-state index contributed by atoms with van der Waals surface area (Å²) in [5.41, 5.74) is 1.31. The first-order valence-electron chi connectivity index (χ1n) is 11.5. The molecule has 0 aromatic heterocycles. The van der Waals surface area contributed by atoms with Gasteiger partial charge in [0.25, 0.3) is 11.7 Å². The average Bonchev–Trinajstić information content (AvgIpc) is 3.11. The molecule has 33 heavy (non-hydrogen) atoms. The van der Waals surface area contributed by atoms with Gasteiger partial charge in [-0.05, 0) is 49.8 Å². The Kier molecular flexibility index (Phi) is 6.99. The van der Waals surface area contributed by atoms with Crippen LogP contribution in [0.25, 0.3) is 5.76 Å². The van der Waals surface area contributed by atoms with Crippen molar-refractivity contribution in [3.63, 3.8) is 0 Å². The molecule has 7 heteroatoms. The molecule has 174 valence electrons. The molecule has 1 N–H and O–H groups in total. The Hall–Kier alpha value is -3.32.